The molecular formula is C10H6Cl2O. The minimum atomic E-state index is 0.0644. The number of allylic oxidation sites excluding steroid dienone is 2. The van der Waals surface area contributed by atoms with Crippen molar-refractivity contribution in [2.24, 2.45) is 0 Å². The summed E-state index contributed by atoms with van der Waals surface area (Å²) in [6, 6.07) is 9.17. The first-order valence-corrected chi connectivity index (χ1v) is 4.33. The molecule has 13 heavy (non-hydrogen) atoms. The van der Waals surface area contributed by atoms with E-state index in [1.165, 1.54) is 6.08 Å². The maximum absolute atomic E-state index is 10.2. The fourth-order valence-electron chi connectivity index (χ4n) is 0.924. The van der Waals surface area contributed by atoms with E-state index in [9.17, 15) is 4.79 Å². The number of hydrogen-bond acceptors (Lipinski definition) is 1. The van der Waals surface area contributed by atoms with Gasteiger partial charge < -0.3 is 0 Å². The molecule has 1 rings (SSSR count). The molecule has 0 aromatic heterocycles. The summed E-state index contributed by atoms with van der Waals surface area (Å²) in [5, 5.41) is 0. The summed E-state index contributed by atoms with van der Waals surface area (Å²) >= 11 is 11.2. The molecule has 0 bridgehead atoms. The van der Waals surface area contributed by atoms with Crippen LogP contribution < -0.4 is 0 Å². The van der Waals surface area contributed by atoms with E-state index >= 15 is 0 Å². The zero-order chi connectivity index (χ0) is 9.68. The first-order chi connectivity index (χ1) is 6.25. The summed E-state index contributed by atoms with van der Waals surface area (Å²) in [6.07, 6.45) is 1.21. The first kappa shape index (κ1) is 10.1. The van der Waals surface area contributed by atoms with E-state index in [-0.39, 0.29) is 4.49 Å². The van der Waals surface area contributed by atoms with Gasteiger partial charge in [0.1, 0.15) is 10.4 Å². The first-order valence-electron chi connectivity index (χ1n) is 3.57. The third kappa shape index (κ3) is 2.74. The van der Waals surface area contributed by atoms with Crippen LogP contribution in [0.4, 0.5) is 0 Å². The second-order valence-corrected chi connectivity index (χ2v) is 3.25. The van der Waals surface area contributed by atoms with Crippen LogP contribution in [0.15, 0.2) is 40.9 Å². The molecule has 0 amide bonds. The summed E-state index contributed by atoms with van der Waals surface area (Å²) < 4.78 is 0.0644. The Balaban J connectivity index is 3.19. The van der Waals surface area contributed by atoms with Gasteiger partial charge >= 0.3 is 0 Å². The average molecular weight is 213 g/mol. The van der Waals surface area contributed by atoms with Crippen LogP contribution in [0.2, 0.25) is 0 Å². The van der Waals surface area contributed by atoms with E-state index < -0.39 is 0 Å². The van der Waals surface area contributed by atoms with Crippen molar-refractivity contribution in [2.75, 3.05) is 0 Å². The number of halogens is 2. The highest BCUT2D eigenvalue weighted by atomic mass is 35.5. The minimum Gasteiger partial charge on any atom is -0.233 e. The molecule has 0 aliphatic heterocycles. The van der Waals surface area contributed by atoms with Crippen molar-refractivity contribution in [3.63, 3.8) is 0 Å². The van der Waals surface area contributed by atoms with Crippen LogP contribution in [0, 0.1) is 0 Å². The van der Waals surface area contributed by atoms with Crippen LogP contribution in [0.25, 0.3) is 5.57 Å². The maximum atomic E-state index is 10.2. The van der Waals surface area contributed by atoms with Crippen LogP contribution in [0.5, 0.6) is 0 Å². The van der Waals surface area contributed by atoms with E-state index in [0.717, 1.165) is 5.56 Å². The molecular weight excluding hydrogens is 207 g/mol. The van der Waals surface area contributed by atoms with Gasteiger partial charge in [-0.2, -0.15) is 0 Å². The molecule has 0 saturated carbocycles. The smallest absolute Gasteiger partial charge is 0.125 e. The predicted molar refractivity (Wildman–Crippen MR) is 55.3 cm³/mol. The third-order valence-electron chi connectivity index (χ3n) is 1.49. The molecule has 1 nitrogen and oxygen atoms in total. The lowest BCUT2D eigenvalue weighted by Gasteiger charge is -1.99. The molecule has 0 unspecified atom stereocenters. The Bertz CT molecular complexity index is 358. The van der Waals surface area contributed by atoms with Gasteiger partial charge in [0, 0.05) is 11.6 Å². The standard InChI is InChI=1S/C10H6Cl2O/c11-10(12)9(6-7-13)8-4-2-1-3-5-8/h1-6H. The molecule has 0 radical (unpaired) electrons. The topological polar surface area (TPSA) is 17.1 Å². The van der Waals surface area contributed by atoms with Gasteiger partial charge in [-0.15, -0.1) is 0 Å². The Hall–Kier alpha value is -1.01. The van der Waals surface area contributed by atoms with Crippen molar-refractivity contribution in [1.29, 1.82) is 0 Å². The van der Waals surface area contributed by atoms with Crippen molar-refractivity contribution in [1.82, 2.24) is 0 Å². The molecule has 0 aliphatic carbocycles. The lowest BCUT2D eigenvalue weighted by molar-refractivity contribution is 0.569. The van der Waals surface area contributed by atoms with E-state index in [0.29, 0.717) is 5.57 Å². The van der Waals surface area contributed by atoms with Gasteiger partial charge in [0.25, 0.3) is 0 Å². The van der Waals surface area contributed by atoms with Gasteiger partial charge in [-0.1, -0.05) is 53.5 Å². The van der Waals surface area contributed by atoms with Crippen molar-refractivity contribution in [2.45, 2.75) is 0 Å². The molecule has 0 N–H and O–H groups in total. The fourth-order valence-corrected chi connectivity index (χ4v) is 1.25. The van der Waals surface area contributed by atoms with Crippen LogP contribution >= 0.6 is 23.2 Å². The average Bonchev–Trinajstić information content (AvgIpc) is 2.15. The summed E-state index contributed by atoms with van der Waals surface area (Å²) in [5.41, 5.74) is 1.28. The number of benzene rings is 1. The highest BCUT2D eigenvalue weighted by Gasteiger charge is 2.01. The highest BCUT2D eigenvalue weighted by Crippen LogP contribution is 2.24. The van der Waals surface area contributed by atoms with E-state index in [4.69, 9.17) is 23.2 Å². The van der Waals surface area contributed by atoms with Gasteiger partial charge in [-0.05, 0) is 5.56 Å². The maximum Gasteiger partial charge on any atom is 0.125 e. The Morgan fingerprint density at radius 3 is 2.31 bits per heavy atom. The van der Waals surface area contributed by atoms with E-state index in [1.54, 1.807) is 5.94 Å². The zero-order valence-corrected chi connectivity index (χ0v) is 8.14. The number of hydrogen-bond donors (Lipinski definition) is 0. The molecule has 0 atom stereocenters. The SMILES string of the molecule is O=C=CC(=C(Cl)Cl)c1ccccc1. The second-order valence-electron chi connectivity index (χ2n) is 2.30. The Labute approximate surface area is 86.3 Å². The van der Waals surface area contributed by atoms with E-state index in [1.807, 2.05) is 30.3 Å². The molecule has 66 valence electrons. The van der Waals surface area contributed by atoms with Crippen LogP contribution in [-0.4, -0.2) is 5.94 Å². The summed E-state index contributed by atoms with van der Waals surface area (Å²) in [5.74, 6) is 1.65. The minimum absolute atomic E-state index is 0.0644. The van der Waals surface area contributed by atoms with Crippen molar-refractivity contribution in [3.05, 3.63) is 46.5 Å². The highest BCUT2D eigenvalue weighted by molar-refractivity contribution is 6.58. The molecule has 0 fully saturated rings. The number of rotatable bonds is 2. The van der Waals surface area contributed by atoms with Crippen LogP contribution in [0.3, 0.4) is 0 Å². The normalized spacial score (nSPS) is 8.77. The Morgan fingerprint density at radius 1 is 1.23 bits per heavy atom. The van der Waals surface area contributed by atoms with Gasteiger partial charge in [-0.3, -0.25) is 0 Å². The van der Waals surface area contributed by atoms with Crippen molar-refractivity contribution >= 4 is 34.7 Å². The molecule has 0 aliphatic rings. The second kappa shape index (κ2) is 4.88. The molecule has 0 saturated heterocycles. The van der Waals surface area contributed by atoms with Gasteiger partial charge in [-0.25, -0.2) is 4.79 Å². The molecule has 0 spiro atoms. The van der Waals surface area contributed by atoms with Gasteiger partial charge in [0.15, 0.2) is 0 Å². The predicted octanol–water partition coefficient (Wildman–Crippen LogP) is 3.22. The molecule has 1 aromatic carbocycles. The van der Waals surface area contributed by atoms with Crippen LogP contribution in [0.1, 0.15) is 5.56 Å². The molecule has 3 heteroatoms. The van der Waals surface area contributed by atoms with E-state index in [2.05, 4.69) is 0 Å². The quantitative estimate of drug-likeness (QED) is 0.544. The third-order valence-corrected chi connectivity index (χ3v) is 1.90. The zero-order valence-electron chi connectivity index (χ0n) is 6.63. The van der Waals surface area contributed by atoms with Gasteiger partial charge in [0.2, 0.25) is 0 Å². The Kier molecular flexibility index (Phi) is 3.78. The lowest BCUT2D eigenvalue weighted by atomic mass is 10.1. The lowest BCUT2D eigenvalue weighted by Crippen LogP contribution is -1.80. The number of carbonyl (C=O) groups excluding carboxylic acids is 1. The summed E-state index contributed by atoms with van der Waals surface area (Å²) in [4.78, 5) is 10.2. The van der Waals surface area contributed by atoms with Crippen LogP contribution in [-0.2, 0) is 4.79 Å². The summed E-state index contributed by atoms with van der Waals surface area (Å²) in [6.45, 7) is 0. The Morgan fingerprint density at radius 2 is 1.85 bits per heavy atom. The largest absolute Gasteiger partial charge is 0.233 e. The molecule has 1 aromatic rings. The molecule has 0 heterocycles. The van der Waals surface area contributed by atoms with Crippen molar-refractivity contribution in [3.8, 4) is 0 Å². The monoisotopic (exact) mass is 212 g/mol. The fraction of sp³-hybridized carbons (Fsp3) is 0. The van der Waals surface area contributed by atoms with Gasteiger partial charge in [0.05, 0.1) is 0 Å². The van der Waals surface area contributed by atoms with Crippen molar-refractivity contribution < 1.29 is 4.79 Å². The summed E-state index contributed by atoms with van der Waals surface area (Å²) in [7, 11) is 0.